The summed E-state index contributed by atoms with van der Waals surface area (Å²) < 4.78 is 6.67. The molecular weight excluding hydrogens is 498 g/mol. The van der Waals surface area contributed by atoms with E-state index < -0.39 is 30.6 Å². The van der Waals surface area contributed by atoms with Crippen LogP contribution in [0.2, 0.25) is 0 Å². The molecule has 1 aliphatic rings. The molecule has 1 aromatic heterocycles. The van der Waals surface area contributed by atoms with Crippen LogP contribution in [0.1, 0.15) is 41.5 Å². The van der Waals surface area contributed by atoms with Crippen molar-refractivity contribution in [2.75, 3.05) is 25.1 Å². The standard InChI is InChI=1S/C24H25N7O5S/c1-4-29(5-2)24(35)37-23-26-27-28-31(23)17-10-8-9-16(13-17)25-15(3)22(34)36-14-30-20(32)18-11-6-7-12-19(18)21(30)33/h6-13,15,25H,4-5,14H2,1-3H3. The molecule has 4 rings (SSSR count). The lowest BCUT2D eigenvalue weighted by atomic mass is 10.1. The van der Waals surface area contributed by atoms with E-state index in [2.05, 4.69) is 20.8 Å². The highest BCUT2D eigenvalue weighted by Crippen LogP contribution is 2.24. The van der Waals surface area contributed by atoms with Gasteiger partial charge in [-0.3, -0.25) is 14.4 Å². The zero-order valence-electron chi connectivity index (χ0n) is 20.5. The summed E-state index contributed by atoms with van der Waals surface area (Å²) in [5.41, 5.74) is 1.72. The van der Waals surface area contributed by atoms with Gasteiger partial charge in [-0.1, -0.05) is 18.2 Å². The Morgan fingerprint density at radius 2 is 1.73 bits per heavy atom. The Bertz CT molecular complexity index is 1310. The smallest absolute Gasteiger partial charge is 0.329 e. The molecule has 0 bridgehead atoms. The third-order valence-electron chi connectivity index (χ3n) is 5.68. The first-order chi connectivity index (χ1) is 17.8. The fraction of sp³-hybridized carbons (Fsp3) is 0.292. The number of imide groups is 1. The number of carbonyl (C=O) groups excluding carboxylic acids is 4. The van der Waals surface area contributed by atoms with Gasteiger partial charge in [0.2, 0.25) is 5.16 Å². The van der Waals surface area contributed by atoms with Crippen molar-refractivity contribution in [1.82, 2.24) is 30.0 Å². The van der Waals surface area contributed by atoms with E-state index in [1.807, 2.05) is 13.8 Å². The SMILES string of the molecule is CCN(CC)C(=O)Sc1nnnn1-c1cccc(NC(C)C(=O)OCN2C(=O)c3ccccc3C2=O)c1. The second-order valence-electron chi connectivity index (χ2n) is 8.01. The first kappa shape index (κ1) is 25.8. The number of fused-ring (bicyclic) bond motifs is 1. The van der Waals surface area contributed by atoms with E-state index in [1.165, 1.54) is 4.68 Å². The molecule has 0 saturated carbocycles. The van der Waals surface area contributed by atoms with Crippen molar-refractivity contribution in [3.8, 4) is 5.69 Å². The highest BCUT2D eigenvalue weighted by molar-refractivity contribution is 8.13. The minimum Gasteiger partial charge on any atom is -0.442 e. The van der Waals surface area contributed by atoms with Gasteiger partial charge in [-0.25, -0.2) is 9.69 Å². The minimum atomic E-state index is -0.794. The summed E-state index contributed by atoms with van der Waals surface area (Å²) >= 11 is 0.928. The van der Waals surface area contributed by atoms with Crippen LogP contribution in [0, 0.1) is 0 Å². The van der Waals surface area contributed by atoms with Gasteiger partial charge in [0.05, 0.1) is 16.8 Å². The third-order valence-corrected chi connectivity index (χ3v) is 6.55. The van der Waals surface area contributed by atoms with Gasteiger partial charge in [0.25, 0.3) is 17.1 Å². The molecule has 1 unspecified atom stereocenters. The molecular formula is C24H25N7O5S. The monoisotopic (exact) mass is 523 g/mol. The maximum absolute atomic E-state index is 12.6. The van der Waals surface area contributed by atoms with Crippen LogP contribution in [0.4, 0.5) is 10.5 Å². The zero-order chi connectivity index (χ0) is 26.5. The van der Waals surface area contributed by atoms with Crippen LogP contribution in [0.3, 0.4) is 0 Å². The number of hydrogen-bond donors (Lipinski definition) is 1. The second kappa shape index (κ2) is 11.2. The Kier molecular flexibility index (Phi) is 7.82. The van der Waals surface area contributed by atoms with Crippen molar-refractivity contribution in [3.63, 3.8) is 0 Å². The first-order valence-corrected chi connectivity index (χ1v) is 12.4. The number of anilines is 1. The summed E-state index contributed by atoms with van der Waals surface area (Å²) in [7, 11) is 0. The summed E-state index contributed by atoms with van der Waals surface area (Å²) in [5.74, 6) is -1.65. The van der Waals surface area contributed by atoms with Gasteiger partial charge in [-0.05, 0) is 61.5 Å². The molecule has 192 valence electrons. The van der Waals surface area contributed by atoms with Gasteiger partial charge in [-0.15, -0.1) is 5.10 Å². The molecule has 0 radical (unpaired) electrons. The van der Waals surface area contributed by atoms with Gasteiger partial charge < -0.3 is 15.0 Å². The molecule has 1 N–H and O–H groups in total. The van der Waals surface area contributed by atoms with E-state index in [0.717, 1.165) is 16.7 Å². The number of rotatable bonds is 9. The summed E-state index contributed by atoms with van der Waals surface area (Å²) in [6.07, 6.45) is 0. The Labute approximate surface area is 216 Å². The van der Waals surface area contributed by atoms with Crippen molar-refractivity contribution < 1.29 is 23.9 Å². The maximum Gasteiger partial charge on any atom is 0.329 e. The third kappa shape index (κ3) is 5.45. The average Bonchev–Trinajstić information content (AvgIpc) is 3.46. The molecule has 2 heterocycles. The number of nitrogens with one attached hydrogen (secondary N) is 1. The predicted molar refractivity (Wildman–Crippen MR) is 134 cm³/mol. The normalized spacial score (nSPS) is 13.3. The van der Waals surface area contributed by atoms with Crippen molar-refractivity contribution in [3.05, 3.63) is 59.7 Å². The van der Waals surface area contributed by atoms with Crippen molar-refractivity contribution in [1.29, 1.82) is 0 Å². The summed E-state index contributed by atoms with van der Waals surface area (Å²) in [4.78, 5) is 52.5. The summed E-state index contributed by atoms with van der Waals surface area (Å²) in [5, 5.41) is 14.8. The van der Waals surface area contributed by atoms with Crippen LogP contribution >= 0.6 is 11.8 Å². The van der Waals surface area contributed by atoms with E-state index in [1.54, 1.807) is 60.4 Å². The van der Waals surface area contributed by atoms with Crippen molar-refractivity contribution in [2.24, 2.45) is 0 Å². The van der Waals surface area contributed by atoms with E-state index in [9.17, 15) is 19.2 Å². The number of benzene rings is 2. The minimum absolute atomic E-state index is 0.162. The van der Waals surface area contributed by atoms with Crippen LogP contribution in [0.5, 0.6) is 0 Å². The highest BCUT2D eigenvalue weighted by Gasteiger charge is 2.36. The van der Waals surface area contributed by atoms with Crippen molar-refractivity contribution >= 4 is 40.5 Å². The Morgan fingerprint density at radius 1 is 1.05 bits per heavy atom. The molecule has 0 spiro atoms. The molecule has 1 aliphatic heterocycles. The molecule has 0 aliphatic carbocycles. The van der Waals surface area contributed by atoms with Gasteiger partial charge in [0.1, 0.15) is 6.04 Å². The average molecular weight is 524 g/mol. The van der Waals surface area contributed by atoms with E-state index in [0.29, 0.717) is 29.6 Å². The molecule has 3 amide bonds. The topological polar surface area (TPSA) is 140 Å². The number of aromatic nitrogens is 4. The molecule has 1 atom stereocenters. The molecule has 2 aromatic carbocycles. The number of amides is 3. The number of nitrogens with zero attached hydrogens (tertiary/aromatic N) is 6. The second-order valence-corrected chi connectivity index (χ2v) is 8.92. The van der Waals surface area contributed by atoms with Gasteiger partial charge >= 0.3 is 5.97 Å². The molecule has 0 fully saturated rings. The fourth-order valence-electron chi connectivity index (χ4n) is 3.67. The zero-order valence-corrected chi connectivity index (χ0v) is 21.3. The van der Waals surface area contributed by atoms with E-state index >= 15 is 0 Å². The molecule has 13 heteroatoms. The molecule has 37 heavy (non-hydrogen) atoms. The Hall–Kier alpha value is -4.26. The van der Waals surface area contributed by atoms with Crippen LogP contribution < -0.4 is 5.32 Å². The van der Waals surface area contributed by atoms with Crippen LogP contribution in [0.15, 0.2) is 53.7 Å². The van der Waals surface area contributed by atoms with Crippen LogP contribution in [-0.4, -0.2) is 78.9 Å². The quantitative estimate of drug-likeness (QED) is 0.253. The Balaban J connectivity index is 1.38. The van der Waals surface area contributed by atoms with Gasteiger partial charge in [0.15, 0.2) is 6.73 Å². The molecule has 0 saturated heterocycles. The van der Waals surface area contributed by atoms with E-state index in [-0.39, 0.29) is 16.4 Å². The number of esters is 1. The first-order valence-electron chi connectivity index (χ1n) is 11.6. The lowest BCUT2D eigenvalue weighted by molar-refractivity contribution is -0.146. The van der Waals surface area contributed by atoms with Crippen LogP contribution in [0.25, 0.3) is 5.69 Å². The van der Waals surface area contributed by atoms with Crippen molar-refractivity contribution in [2.45, 2.75) is 32.0 Å². The maximum atomic E-state index is 12.6. The Morgan fingerprint density at radius 3 is 2.38 bits per heavy atom. The number of tetrazole rings is 1. The predicted octanol–water partition coefficient (Wildman–Crippen LogP) is 2.81. The summed E-state index contributed by atoms with van der Waals surface area (Å²) in [6.45, 7) is 6.05. The molecule has 3 aromatic rings. The van der Waals surface area contributed by atoms with E-state index in [4.69, 9.17) is 4.74 Å². The number of carbonyl (C=O) groups is 4. The number of ether oxygens (including phenoxy) is 1. The van der Waals surface area contributed by atoms with Gasteiger partial charge in [0, 0.05) is 30.5 Å². The fourth-order valence-corrected chi connectivity index (χ4v) is 4.52. The lowest BCUT2D eigenvalue weighted by Gasteiger charge is -2.18. The summed E-state index contributed by atoms with van der Waals surface area (Å²) in [6, 6.07) is 12.6. The number of thioether (sulfide) groups is 1. The van der Waals surface area contributed by atoms with Crippen LogP contribution in [-0.2, 0) is 9.53 Å². The highest BCUT2D eigenvalue weighted by atomic mass is 32.2. The lowest BCUT2D eigenvalue weighted by Crippen LogP contribution is -2.36. The van der Waals surface area contributed by atoms with Gasteiger partial charge in [-0.2, -0.15) is 4.68 Å². The largest absolute Gasteiger partial charge is 0.442 e. The molecule has 12 nitrogen and oxygen atoms in total. The number of hydrogen-bond acceptors (Lipinski definition) is 10.